The van der Waals surface area contributed by atoms with Crippen molar-refractivity contribution in [3.8, 4) is 6.07 Å². The monoisotopic (exact) mass is 184 g/mol. The van der Waals surface area contributed by atoms with E-state index in [1.54, 1.807) is 0 Å². The Hall–Kier alpha value is -0.590. The fourth-order valence-electron chi connectivity index (χ4n) is 1.04. The fraction of sp³-hybridized carbons (Fsp3) is 0.900. The van der Waals surface area contributed by atoms with Gasteiger partial charge in [-0.25, -0.2) is 0 Å². The third kappa shape index (κ3) is 7.76. The molecule has 0 saturated carbocycles. The topological polar surface area (TPSA) is 56.0 Å². The van der Waals surface area contributed by atoms with E-state index in [1.165, 1.54) is 0 Å². The first-order valence-corrected chi connectivity index (χ1v) is 4.85. The lowest BCUT2D eigenvalue weighted by Crippen LogP contribution is -2.19. The molecule has 0 saturated heterocycles. The number of rotatable bonds is 7. The van der Waals surface area contributed by atoms with Crippen molar-refractivity contribution in [1.29, 1.82) is 5.26 Å². The third-order valence-corrected chi connectivity index (χ3v) is 1.97. The van der Waals surface area contributed by atoms with Gasteiger partial charge in [0, 0.05) is 6.61 Å². The fourth-order valence-corrected chi connectivity index (χ4v) is 1.04. The first kappa shape index (κ1) is 12.4. The second-order valence-electron chi connectivity index (χ2n) is 3.93. The molecule has 0 fully saturated rings. The number of hydrogen-bond acceptors (Lipinski definition) is 3. The van der Waals surface area contributed by atoms with Crippen molar-refractivity contribution >= 4 is 0 Å². The molecule has 0 aromatic carbocycles. The molecule has 0 atom stereocenters. The lowest BCUT2D eigenvalue weighted by molar-refractivity contribution is 0.285. The molecule has 76 valence electrons. The number of aliphatic hydroxyl groups is 1. The van der Waals surface area contributed by atoms with Gasteiger partial charge in [0.1, 0.15) is 0 Å². The molecule has 0 aromatic rings. The van der Waals surface area contributed by atoms with Crippen LogP contribution < -0.4 is 5.32 Å². The zero-order valence-electron chi connectivity index (χ0n) is 8.64. The number of aliphatic hydroxyl groups excluding tert-OH is 1. The van der Waals surface area contributed by atoms with Gasteiger partial charge >= 0.3 is 0 Å². The van der Waals surface area contributed by atoms with Crippen molar-refractivity contribution in [2.24, 2.45) is 5.41 Å². The molecule has 0 amide bonds. The van der Waals surface area contributed by atoms with E-state index in [2.05, 4.69) is 11.4 Å². The Balaban J connectivity index is 3.22. The number of nitriles is 1. The van der Waals surface area contributed by atoms with Crippen molar-refractivity contribution in [1.82, 2.24) is 5.32 Å². The summed E-state index contributed by atoms with van der Waals surface area (Å²) in [5.41, 5.74) is -0.196. The maximum absolute atomic E-state index is 8.73. The zero-order valence-corrected chi connectivity index (χ0v) is 8.64. The molecule has 3 heteroatoms. The van der Waals surface area contributed by atoms with E-state index in [0.717, 1.165) is 32.4 Å². The first-order valence-electron chi connectivity index (χ1n) is 4.85. The molecule has 0 unspecified atom stereocenters. The predicted octanol–water partition coefficient (Wildman–Crippen LogP) is 1.29. The van der Waals surface area contributed by atoms with Crippen LogP contribution in [0.4, 0.5) is 0 Å². The SMILES string of the molecule is CC(C)(C#N)CCCNCCCO. The van der Waals surface area contributed by atoms with Crippen LogP contribution in [-0.2, 0) is 0 Å². The van der Waals surface area contributed by atoms with E-state index in [0.29, 0.717) is 0 Å². The van der Waals surface area contributed by atoms with E-state index in [4.69, 9.17) is 10.4 Å². The number of hydrogen-bond donors (Lipinski definition) is 2. The Morgan fingerprint density at radius 1 is 1.31 bits per heavy atom. The molecule has 0 aliphatic rings. The Bertz CT molecular complexity index is 161. The molecule has 0 heterocycles. The lowest BCUT2D eigenvalue weighted by atomic mass is 9.90. The molecule has 0 aliphatic carbocycles. The van der Waals surface area contributed by atoms with E-state index in [-0.39, 0.29) is 12.0 Å². The minimum Gasteiger partial charge on any atom is -0.396 e. The largest absolute Gasteiger partial charge is 0.396 e. The van der Waals surface area contributed by atoms with Gasteiger partial charge in [-0.2, -0.15) is 5.26 Å². The van der Waals surface area contributed by atoms with Gasteiger partial charge in [-0.3, -0.25) is 0 Å². The van der Waals surface area contributed by atoms with Crippen LogP contribution in [0.15, 0.2) is 0 Å². The van der Waals surface area contributed by atoms with Gasteiger partial charge in [0.25, 0.3) is 0 Å². The second kappa shape index (κ2) is 6.88. The van der Waals surface area contributed by atoms with Gasteiger partial charge in [0.05, 0.1) is 11.5 Å². The summed E-state index contributed by atoms with van der Waals surface area (Å²) in [4.78, 5) is 0. The highest BCUT2D eigenvalue weighted by Gasteiger charge is 2.14. The Labute approximate surface area is 80.8 Å². The van der Waals surface area contributed by atoms with Gasteiger partial charge in [-0.05, 0) is 46.2 Å². The van der Waals surface area contributed by atoms with Crippen LogP contribution >= 0.6 is 0 Å². The Morgan fingerprint density at radius 2 is 1.92 bits per heavy atom. The molecular weight excluding hydrogens is 164 g/mol. The van der Waals surface area contributed by atoms with Gasteiger partial charge in [0.15, 0.2) is 0 Å². The number of nitrogens with zero attached hydrogens (tertiary/aromatic N) is 1. The summed E-state index contributed by atoms with van der Waals surface area (Å²) in [6.45, 7) is 5.97. The van der Waals surface area contributed by atoms with E-state index in [9.17, 15) is 0 Å². The summed E-state index contributed by atoms with van der Waals surface area (Å²) in [6.07, 6.45) is 2.75. The first-order chi connectivity index (χ1) is 6.12. The molecular formula is C10H20N2O. The Kier molecular flexibility index (Phi) is 6.56. The average molecular weight is 184 g/mol. The quantitative estimate of drug-likeness (QED) is 0.586. The third-order valence-electron chi connectivity index (χ3n) is 1.97. The zero-order chi connectivity index (χ0) is 10.2. The van der Waals surface area contributed by atoms with Crippen molar-refractivity contribution < 1.29 is 5.11 Å². The van der Waals surface area contributed by atoms with Crippen molar-refractivity contribution in [2.75, 3.05) is 19.7 Å². The molecule has 0 aromatic heterocycles. The average Bonchev–Trinajstić information content (AvgIpc) is 2.11. The maximum Gasteiger partial charge on any atom is 0.0683 e. The van der Waals surface area contributed by atoms with Crippen LogP contribution in [-0.4, -0.2) is 24.8 Å². The summed E-state index contributed by atoms with van der Waals surface area (Å²) in [7, 11) is 0. The van der Waals surface area contributed by atoms with Crippen LogP contribution in [0.2, 0.25) is 0 Å². The summed E-state index contributed by atoms with van der Waals surface area (Å²) in [6, 6.07) is 2.28. The minimum absolute atomic E-state index is 0.196. The van der Waals surface area contributed by atoms with Crippen LogP contribution in [0.5, 0.6) is 0 Å². The molecule has 3 nitrogen and oxygen atoms in total. The van der Waals surface area contributed by atoms with Crippen molar-refractivity contribution in [2.45, 2.75) is 33.1 Å². The lowest BCUT2D eigenvalue weighted by Gasteiger charge is -2.14. The van der Waals surface area contributed by atoms with Crippen LogP contribution in [0.1, 0.15) is 33.1 Å². The Morgan fingerprint density at radius 3 is 2.46 bits per heavy atom. The second-order valence-corrected chi connectivity index (χ2v) is 3.93. The van der Waals surface area contributed by atoms with Crippen LogP contribution in [0.3, 0.4) is 0 Å². The normalized spacial score (nSPS) is 11.2. The molecule has 13 heavy (non-hydrogen) atoms. The number of nitrogens with one attached hydrogen (secondary N) is 1. The van der Waals surface area contributed by atoms with Gasteiger partial charge in [-0.1, -0.05) is 0 Å². The van der Waals surface area contributed by atoms with Gasteiger partial charge in [0.2, 0.25) is 0 Å². The van der Waals surface area contributed by atoms with Crippen LogP contribution in [0.25, 0.3) is 0 Å². The summed E-state index contributed by atoms with van der Waals surface area (Å²) in [5.74, 6) is 0. The van der Waals surface area contributed by atoms with E-state index < -0.39 is 0 Å². The van der Waals surface area contributed by atoms with E-state index in [1.807, 2.05) is 13.8 Å². The molecule has 2 N–H and O–H groups in total. The minimum atomic E-state index is -0.196. The van der Waals surface area contributed by atoms with Gasteiger partial charge < -0.3 is 10.4 Å². The molecule has 0 bridgehead atoms. The standard InChI is InChI=1S/C10H20N2O/c1-10(2,9-11)5-3-6-12-7-4-8-13/h12-13H,3-8H2,1-2H3. The molecule has 0 spiro atoms. The molecule has 0 aliphatic heterocycles. The predicted molar refractivity (Wildman–Crippen MR) is 53.2 cm³/mol. The van der Waals surface area contributed by atoms with Crippen LogP contribution in [0, 0.1) is 16.7 Å². The summed E-state index contributed by atoms with van der Waals surface area (Å²) < 4.78 is 0. The summed E-state index contributed by atoms with van der Waals surface area (Å²) >= 11 is 0. The highest BCUT2D eigenvalue weighted by molar-refractivity contribution is 4.91. The van der Waals surface area contributed by atoms with Crippen molar-refractivity contribution in [3.63, 3.8) is 0 Å². The molecule has 0 radical (unpaired) electrons. The van der Waals surface area contributed by atoms with E-state index >= 15 is 0 Å². The van der Waals surface area contributed by atoms with Crippen molar-refractivity contribution in [3.05, 3.63) is 0 Å². The molecule has 0 rings (SSSR count). The highest BCUT2D eigenvalue weighted by Crippen LogP contribution is 2.19. The maximum atomic E-state index is 8.73. The summed E-state index contributed by atoms with van der Waals surface area (Å²) in [5, 5.41) is 20.5. The smallest absolute Gasteiger partial charge is 0.0683 e. The van der Waals surface area contributed by atoms with Gasteiger partial charge in [-0.15, -0.1) is 0 Å². The highest BCUT2D eigenvalue weighted by atomic mass is 16.3.